The van der Waals surface area contributed by atoms with Gasteiger partial charge in [-0.15, -0.1) is 5.10 Å². The highest BCUT2D eigenvalue weighted by Gasteiger charge is 2.20. The predicted molar refractivity (Wildman–Crippen MR) is 64.1 cm³/mol. The van der Waals surface area contributed by atoms with Crippen LogP contribution in [-0.2, 0) is 0 Å². The summed E-state index contributed by atoms with van der Waals surface area (Å²) in [6, 6.07) is 0. The third-order valence-corrected chi connectivity index (χ3v) is 2.87. The Hall–Kier alpha value is -1.70. The van der Waals surface area contributed by atoms with Crippen LogP contribution in [0.25, 0.3) is 0 Å². The number of hydrogen-bond donors (Lipinski definition) is 2. The molecule has 1 heterocycles. The van der Waals surface area contributed by atoms with E-state index >= 15 is 0 Å². The lowest BCUT2D eigenvalue weighted by Crippen LogP contribution is -2.38. The Morgan fingerprint density at radius 3 is 2.94 bits per heavy atom. The van der Waals surface area contributed by atoms with Gasteiger partial charge in [0, 0.05) is 24.4 Å². The molecule has 17 heavy (non-hydrogen) atoms. The van der Waals surface area contributed by atoms with Gasteiger partial charge in [0.2, 0.25) is 0 Å². The predicted octanol–water partition coefficient (Wildman–Crippen LogP) is 0.383. The molecule has 0 saturated carbocycles. The number of carbonyl (C=O) groups is 1. The molecule has 1 aromatic heterocycles. The average Bonchev–Trinajstić information content (AvgIpc) is 2.87. The van der Waals surface area contributed by atoms with Gasteiger partial charge < -0.3 is 15.8 Å². The second-order valence-corrected chi connectivity index (χ2v) is 4.17. The summed E-state index contributed by atoms with van der Waals surface area (Å²) in [7, 11) is 0. The van der Waals surface area contributed by atoms with Gasteiger partial charge in [-0.3, -0.25) is 4.79 Å². The normalized spacial score (nSPS) is 13.4. The Morgan fingerprint density at radius 2 is 2.47 bits per heavy atom. The Kier molecular flexibility index (Phi) is 4.83. The van der Waals surface area contributed by atoms with Crippen LogP contribution in [0.15, 0.2) is 10.5 Å². The van der Waals surface area contributed by atoms with Crippen LogP contribution in [0.3, 0.4) is 0 Å². The van der Waals surface area contributed by atoms with Crippen LogP contribution < -0.4 is 5.73 Å². The first-order chi connectivity index (χ1) is 8.10. The van der Waals surface area contributed by atoms with Crippen molar-refractivity contribution in [2.75, 3.05) is 13.1 Å². The first-order valence-corrected chi connectivity index (χ1v) is 5.97. The van der Waals surface area contributed by atoms with Crippen LogP contribution in [-0.4, -0.2) is 44.5 Å². The summed E-state index contributed by atoms with van der Waals surface area (Å²) in [5.41, 5.74) is 5.80. The molecule has 0 saturated heterocycles. The van der Waals surface area contributed by atoms with Crippen LogP contribution in [0, 0.1) is 5.92 Å². The fraction of sp³-hybridized carbons (Fsp3) is 0.556. The molecule has 0 radical (unpaired) electrons. The van der Waals surface area contributed by atoms with E-state index in [1.54, 1.807) is 17.2 Å². The maximum absolute atomic E-state index is 12.0. The highest BCUT2D eigenvalue weighted by Crippen LogP contribution is 2.07. The molecule has 94 valence electrons. The average molecular weight is 257 g/mol. The second-order valence-electron chi connectivity index (χ2n) is 3.56. The van der Waals surface area contributed by atoms with Crippen LogP contribution >= 0.6 is 11.5 Å². The van der Waals surface area contributed by atoms with Crippen molar-refractivity contribution in [3.8, 4) is 0 Å². The Balaban J connectivity index is 2.69. The van der Waals surface area contributed by atoms with Crippen molar-refractivity contribution in [2.45, 2.75) is 13.8 Å². The van der Waals surface area contributed by atoms with Crippen molar-refractivity contribution in [1.82, 2.24) is 14.5 Å². The van der Waals surface area contributed by atoms with E-state index in [0.29, 0.717) is 18.8 Å². The lowest BCUT2D eigenvalue weighted by Gasteiger charge is -2.22. The van der Waals surface area contributed by atoms with E-state index in [0.717, 1.165) is 11.5 Å². The first kappa shape index (κ1) is 13.4. The van der Waals surface area contributed by atoms with Crippen LogP contribution in [0.2, 0.25) is 0 Å². The standard InChI is InChI=1S/C9H15N5O2S/c1-3-14(4-6(2)8(10)12-16)9(15)7-5-17-13-11-7/h5-6,16H,3-4H2,1-2H3,(H2,10,12). The number of oxime groups is 1. The maximum atomic E-state index is 12.0. The minimum Gasteiger partial charge on any atom is -0.409 e. The van der Waals surface area contributed by atoms with Gasteiger partial charge in [0.1, 0.15) is 5.84 Å². The van der Waals surface area contributed by atoms with Gasteiger partial charge in [-0.25, -0.2) is 0 Å². The van der Waals surface area contributed by atoms with Crippen LogP contribution in [0.5, 0.6) is 0 Å². The maximum Gasteiger partial charge on any atom is 0.275 e. The molecule has 1 amide bonds. The molecule has 1 unspecified atom stereocenters. The molecule has 7 nitrogen and oxygen atoms in total. The number of nitrogens with zero attached hydrogens (tertiary/aromatic N) is 4. The minimum atomic E-state index is -0.213. The van der Waals surface area contributed by atoms with Crippen LogP contribution in [0.1, 0.15) is 24.3 Å². The Labute approximate surface area is 103 Å². The molecule has 0 spiro atoms. The number of amides is 1. The zero-order chi connectivity index (χ0) is 12.8. The molecule has 1 aromatic rings. The van der Waals surface area contributed by atoms with E-state index in [1.807, 2.05) is 6.92 Å². The van der Waals surface area contributed by atoms with Crippen molar-refractivity contribution in [1.29, 1.82) is 0 Å². The van der Waals surface area contributed by atoms with Crippen LogP contribution in [0.4, 0.5) is 0 Å². The van der Waals surface area contributed by atoms with E-state index in [9.17, 15) is 4.79 Å². The van der Waals surface area contributed by atoms with E-state index in [-0.39, 0.29) is 17.7 Å². The summed E-state index contributed by atoms with van der Waals surface area (Å²) < 4.78 is 3.65. The van der Waals surface area contributed by atoms with Gasteiger partial charge in [-0.05, 0) is 18.5 Å². The fourth-order valence-electron chi connectivity index (χ4n) is 1.30. The molecule has 0 fully saturated rings. The lowest BCUT2D eigenvalue weighted by atomic mass is 10.1. The van der Waals surface area contributed by atoms with E-state index in [2.05, 4.69) is 14.7 Å². The number of aromatic nitrogens is 2. The summed E-state index contributed by atoms with van der Waals surface area (Å²) in [5, 5.41) is 16.8. The molecule has 0 aliphatic carbocycles. The van der Waals surface area contributed by atoms with Gasteiger partial charge in [0.25, 0.3) is 5.91 Å². The SMILES string of the molecule is CCN(CC(C)C(N)=NO)C(=O)c1csnn1. The Bertz CT molecular complexity index is 392. The molecular formula is C9H15N5O2S. The molecule has 8 heteroatoms. The minimum absolute atomic E-state index is 0.104. The van der Waals surface area contributed by atoms with Gasteiger partial charge in [0.15, 0.2) is 5.69 Å². The fourth-order valence-corrected chi connectivity index (χ4v) is 1.73. The van der Waals surface area contributed by atoms with Crippen molar-refractivity contribution >= 4 is 23.3 Å². The molecule has 0 aliphatic heterocycles. The molecule has 1 atom stereocenters. The van der Waals surface area contributed by atoms with Crippen molar-refractivity contribution in [3.63, 3.8) is 0 Å². The summed E-state index contributed by atoms with van der Waals surface area (Å²) in [6.45, 7) is 4.54. The highest BCUT2D eigenvalue weighted by atomic mass is 32.1. The van der Waals surface area contributed by atoms with E-state index in [1.165, 1.54) is 0 Å². The third kappa shape index (κ3) is 3.38. The summed E-state index contributed by atoms with van der Waals surface area (Å²) in [4.78, 5) is 13.6. The largest absolute Gasteiger partial charge is 0.409 e. The second kappa shape index (κ2) is 6.14. The lowest BCUT2D eigenvalue weighted by molar-refractivity contribution is 0.0748. The summed E-state index contributed by atoms with van der Waals surface area (Å²) in [5.74, 6) is -0.304. The smallest absolute Gasteiger partial charge is 0.275 e. The first-order valence-electron chi connectivity index (χ1n) is 5.13. The van der Waals surface area contributed by atoms with Gasteiger partial charge >= 0.3 is 0 Å². The molecule has 0 bridgehead atoms. The highest BCUT2D eigenvalue weighted by molar-refractivity contribution is 7.03. The number of carbonyl (C=O) groups excluding carboxylic acids is 1. The quantitative estimate of drug-likeness (QED) is 0.343. The van der Waals surface area contributed by atoms with Gasteiger partial charge in [0.05, 0.1) is 0 Å². The Morgan fingerprint density at radius 1 is 1.76 bits per heavy atom. The zero-order valence-corrected chi connectivity index (χ0v) is 10.5. The zero-order valence-electron chi connectivity index (χ0n) is 9.70. The topological polar surface area (TPSA) is 105 Å². The summed E-state index contributed by atoms with van der Waals surface area (Å²) in [6.07, 6.45) is 0. The molecule has 0 aromatic carbocycles. The van der Waals surface area contributed by atoms with E-state index in [4.69, 9.17) is 10.9 Å². The monoisotopic (exact) mass is 257 g/mol. The van der Waals surface area contributed by atoms with Crippen molar-refractivity contribution < 1.29 is 10.0 Å². The molecule has 1 rings (SSSR count). The number of amidine groups is 1. The van der Waals surface area contributed by atoms with Gasteiger partial charge in [-0.2, -0.15) is 0 Å². The van der Waals surface area contributed by atoms with E-state index < -0.39 is 0 Å². The number of nitrogens with two attached hydrogens (primary N) is 1. The van der Waals surface area contributed by atoms with Gasteiger partial charge in [-0.1, -0.05) is 16.6 Å². The molecular weight excluding hydrogens is 242 g/mol. The third-order valence-electron chi connectivity index (χ3n) is 2.36. The number of hydrogen-bond acceptors (Lipinski definition) is 6. The molecule has 0 aliphatic rings. The summed E-state index contributed by atoms with van der Waals surface area (Å²) >= 11 is 1.13. The van der Waals surface area contributed by atoms with Crippen molar-refractivity contribution in [3.05, 3.63) is 11.1 Å². The number of rotatable bonds is 5. The van der Waals surface area contributed by atoms with Crippen molar-refractivity contribution in [2.24, 2.45) is 16.8 Å². The molecule has 3 N–H and O–H groups in total.